The first-order valence-corrected chi connectivity index (χ1v) is 9.27. The standard InChI is InChI=1S/C18H17N5OSe/c1-13-7-9-15(10-8-13)25-18(2,12-21-23-20)17(24)22-16-6-4-3-5-14(16)11-19/h3-10H,12H2,1-2H3,(H,22,24). The van der Waals surface area contributed by atoms with Gasteiger partial charge in [0.15, 0.2) is 0 Å². The number of nitriles is 1. The molecular formula is C18H17N5OSe. The van der Waals surface area contributed by atoms with E-state index in [0.29, 0.717) is 11.3 Å². The zero-order chi connectivity index (χ0) is 18.3. The van der Waals surface area contributed by atoms with Crippen LogP contribution in [0.25, 0.3) is 10.4 Å². The second-order valence-corrected chi connectivity index (χ2v) is 8.95. The Hall–Kier alpha value is -2.77. The molecule has 6 nitrogen and oxygen atoms in total. The van der Waals surface area contributed by atoms with Crippen LogP contribution in [0.3, 0.4) is 0 Å². The molecule has 0 heterocycles. The van der Waals surface area contributed by atoms with E-state index in [2.05, 4.69) is 21.4 Å². The number of anilines is 1. The topological polar surface area (TPSA) is 102 Å². The third kappa shape index (κ3) is 4.85. The van der Waals surface area contributed by atoms with Gasteiger partial charge in [0.1, 0.15) is 0 Å². The number of aryl methyl sites for hydroxylation is 1. The molecule has 0 aliphatic heterocycles. The number of azide groups is 1. The Morgan fingerprint density at radius 1 is 1.32 bits per heavy atom. The van der Waals surface area contributed by atoms with Crippen LogP contribution in [0.1, 0.15) is 18.1 Å². The van der Waals surface area contributed by atoms with Gasteiger partial charge in [-0.2, -0.15) is 0 Å². The van der Waals surface area contributed by atoms with Crippen molar-refractivity contribution in [1.82, 2.24) is 0 Å². The number of hydrogen-bond donors (Lipinski definition) is 1. The van der Waals surface area contributed by atoms with E-state index >= 15 is 0 Å². The van der Waals surface area contributed by atoms with Crippen LogP contribution in [-0.4, -0.2) is 27.4 Å². The summed E-state index contributed by atoms with van der Waals surface area (Å²) in [6.45, 7) is 3.84. The number of hydrogen-bond acceptors (Lipinski definition) is 3. The van der Waals surface area contributed by atoms with E-state index in [-0.39, 0.29) is 27.4 Å². The molecule has 7 heteroatoms. The normalized spacial score (nSPS) is 12.4. The Labute approximate surface area is 152 Å². The molecule has 1 unspecified atom stereocenters. The van der Waals surface area contributed by atoms with Gasteiger partial charge in [-0.1, -0.05) is 0 Å². The fourth-order valence-electron chi connectivity index (χ4n) is 2.13. The van der Waals surface area contributed by atoms with E-state index in [4.69, 9.17) is 5.53 Å². The average Bonchev–Trinajstić information content (AvgIpc) is 2.62. The van der Waals surface area contributed by atoms with Crippen LogP contribution in [0, 0.1) is 18.3 Å². The van der Waals surface area contributed by atoms with Crippen molar-refractivity contribution in [2.45, 2.75) is 18.2 Å². The van der Waals surface area contributed by atoms with Crippen molar-refractivity contribution in [2.24, 2.45) is 5.11 Å². The minimum atomic E-state index is -0.864. The van der Waals surface area contributed by atoms with E-state index in [9.17, 15) is 10.1 Å². The zero-order valence-electron chi connectivity index (χ0n) is 13.9. The number of rotatable bonds is 6. The van der Waals surface area contributed by atoms with Crippen LogP contribution >= 0.6 is 0 Å². The third-order valence-corrected chi connectivity index (χ3v) is 6.25. The van der Waals surface area contributed by atoms with Crippen molar-refractivity contribution in [3.8, 4) is 6.07 Å². The summed E-state index contributed by atoms with van der Waals surface area (Å²) >= 11 is -0.249. The molecule has 2 rings (SSSR count). The van der Waals surface area contributed by atoms with Gasteiger partial charge in [-0.3, -0.25) is 0 Å². The fourth-order valence-corrected chi connectivity index (χ4v) is 4.35. The summed E-state index contributed by atoms with van der Waals surface area (Å²) < 4.78 is 0.175. The maximum absolute atomic E-state index is 12.9. The first-order chi connectivity index (χ1) is 12.0. The van der Waals surface area contributed by atoms with Gasteiger partial charge in [0.2, 0.25) is 0 Å². The molecule has 0 spiro atoms. The summed E-state index contributed by atoms with van der Waals surface area (Å²) in [7, 11) is 0. The summed E-state index contributed by atoms with van der Waals surface area (Å²) in [6.07, 6.45) is 0. The monoisotopic (exact) mass is 399 g/mol. The van der Waals surface area contributed by atoms with E-state index in [1.165, 1.54) is 0 Å². The Morgan fingerprint density at radius 2 is 2.00 bits per heavy atom. The van der Waals surface area contributed by atoms with Gasteiger partial charge in [0, 0.05) is 0 Å². The quantitative estimate of drug-likeness (QED) is 0.349. The van der Waals surface area contributed by atoms with Crippen molar-refractivity contribution >= 4 is 31.0 Å². The molecule has 0 aliphatic carbocycles. The van der Waals surface area contributed by atoms with E-state index in [1.807, 2.05) is 31.2 Å². The SMILES string of the molecule is Cc1ccc([Se]C(C)(CN=[N+]=[N-])C(=O)Nc2ccccc2C#N)cc1. The van der Waals surface area contributed by atoms with Gasteiger partial charge in [-0.15, -0.1) is 0 Å². The van der Waals surface area contributed by atoms with Crippen molar-refractivity contribution < 1.29 is 4.79 Å². The first kappa shape index (κ1) is 18.6. The number of amides is 1. The molecule has 0 saturated carbocycles. The Bertz CT molecular complexity index is 853. The van der Waals surface area contributed by atoms with Gasteiger partial charge in [-0.25, -0.2) is 0 Å². The van der Waals surface area contributed by atoms with Crippen LogP contribution in [0.4, 0.5) is 5.69 Å². The summed E-state index contributed by atoms with van der Waals surface area (Å²) in [6, 6.07) is 16.8. The second-order valence-electron chi connectivity index (χ2n) is 5.65. The fraction of sp³-hybridized carbons (Fsp3) is 0.222. The van der Waals surface area contributed by atoms with Crippen molar-refractivity contribution in [3.05, 3.63) is 70.1 Å². The van der Waals surface area contributed by atoms with Gasteiger partial charge >= 0.3 is 152 Å². The Morgan fingerprint density at radius 3 is 2.64 bits per heavy atom. The summed E-state index contributed by atoms with van der Waals surface area (Å²) in [5, 5.41) is 15.6. The number of para-hydroxylation sites is 1. The van der Waals surface area contributed by atoms with E-state index in [1.54, 1.807) is 31.2 Å². The minimum absolute atomic E-state index is 0.0535. The third-order valence-electron chi connectivity index (χ3n) is 3.58. The van der Waals surface area contributed by atoms with Crippen LogP contribution in [0.15, 0.2) is 53.6 Å². The van der Waals surface area contributed by atoms with Gasteiger partial charge in [0.25, 0.3) is 0 Å². The molecule has 0 fully saturated rings. The Balaban J connectivity index is 2.28. The van der Waals surface area contributed by atoms with Gasteiger partial charge in [0.05, 0.1) is 0 Å². The molecule has 2 aromatic rings. The van der Waals surface area contributed by atoms with E-state index < -0.39 is 4.31 Å². The van der Waals surface area contributed by atoms with Crippen molar-refractivity contribution in [1.29, 1.82) is 5.26 Å². The summed E-state index contributed by atoms with van der Waals surface area (Å²) in [4.78, 5) is 15.7. The Kier molecular flexibility index (Phi) is 6.21. The molecule has 0 saturated heterocycles. The molecule has 1 atom stereocenters. The second kappa shape index (κ2) is 8.36. The van der Waals surface area contributed by atoms with Gasteiger partial charge < -0.3 is 0 Å². The molecule has 0 radical (unpaired) electrons. The molecular weight excluding hydrogens is 381 g/mol. The molecule has 2 aromatic carbocycles. The predicted molar refractivity (Wildman–Crippen MR) is 98.7 cm³/mol. The zero-order valence-corrected chi connectivity index (χ0v) is 15.6. The van der Waals surface area contributed by atoms with Crippen LogP contribution in [-0.2, 0) is 4.79 Å². The molecule has 1 amide bonds. The molecule has 0 aromatic heterocycles. The summed E-state index contributed by atoms with van der Waals surface area (Å²) in [5.74, 6) is -0.261. The number of nitrogens with zero attached hydrogens (tertiary/aromatic N) is 4. The van der Waals surface area contributed by atoms with Crippen LogP contribution in [0.5, 0.6) is 0 Å². The van der Waals surface area contributed by atoms with Crippen molar-refractivity contribution in [2.75, 3.05) is 11.9 Å². The number of nitrogens with one attached hydrogen (secondary N) is 1. The van der Waals surface area contributed by atoms with E-state index in [0.717, 1.165) is 10.0 Å². The number of carbonyl (C=O) groups is 1. The maximum atomic E-state index is 12.9. The van der Waals surface area contributed by atoms with Gasteiger partial charge in [-0.05, 0) is 0 Å². The van der Waals surface area contributed by atoms with Crippen molar-refractivity contribution in [3.63, 3.8) is 0 Å². The molecule has 0 aliphatic rings. The molecule has 25 heavy (non-hydrogen) atoms. The van der Waals surface area contributed by atoms with Crippen LogP contribution < -0.4 is 9.78 Å². The van der Waals surface area contributed by atoms with Crippen LogP contribution in [0.2, 0.25) is 4.31 Å². The number of benzene rings is 2. The molecule has 1 N–H and O–H groups in total. The molecule has 126 valence electrons. The first-order valence-electron chi connectivity index (χ1n) is 7.55. The predicted octanol–water partition coefficient (Wildman–Crippen LogP) is 3.32. The molecule has 0 bridgehead atoms. The summed E-state index contributed by atoms with van der Waals surface area (Å²) in [5.41, 5.74) is 10.7. The average molecular weight is 398 g/mol. The number of carbonyl (C=O) groups excluding carboxylic acids is 1.